The average Bonchev–Trinajstić information content (AvgIpc) is 2.72. The summed E-state index contributed by atoms with van der Waals surface area (Å²) in [4.78, 5) is 22.6. The predicted octanol–water partition coefficient (Wildman–Crippen LogP) is 0.0554. The zero-order valence-electron chi connectivity index (χ0n) is 9.97. The Morgan fingerprint density at radius 3 is 2.81 bits per heavy atom. The molecule has 1 heterocycles. The van der Waals surface area contributed by atoms with Crippen molar-refractivity contribution in [2.45, 2.75) is 26.2 Å². The number of rotatable bonds is 5. The van der Waals surface area contributed by atoms with Crippen LogP contribution in [0, 0.1) is 5.41 Å². The quantitative estimate of drug-likeness (QED) is 0.515. The molecule has 2 N–H and O–H groups in total. The van der Waals surface area contributed by atoms with Crippen LogP contribution in [0.3, 0.4) is 0 Å². The van der Waals surface area contributed by atoms with E-state index in [1.165, 1.54) is 7.11 Å². The highest BCUT2D eigenvalue weighted by molar-refractivity contribution is 5.82. The van der Waals surface area contributed by atoms with Gasteiger partial charge in [-0.25, -0.2) is 0 Å². The lowest BCUT2D eigenvalue weighted by molar-refractivity contribution is -0.141. The fourth-order valence-corrected chi connectivity index (χ4v) is 1.76. The second-order valence-corrected chi connectivity index (χ2v) is 4.42. The van der Waals surface area contributed by atoms with Crippen LogP contribution in [0.15, 0.2) is 0 Å². The molecule has 0 spiro atoms. The van der Waals surface area contributed by atoms with Crippen molar-refractivity contribution in [2.75, 3.05) is 26.7 Å². The Morgan fingerprint density at radius 1 is 1.50 bits per heavy atom. The molecule has 1 amide bonds. The van der Waals surface area contributed by atoms with E-state index >= 15 is 0 Å². The molecule has 5 nitrogen and oxygen atoms in total. The fourth-order valence-electron chi connectivity index (χ4n) is 1.76. The van der Waals surface area contributed by atoms with Gasteiger partial charge < -0.3 is 15.4 Å². The van der Waals surface area contributed by atoms with E-state index in [0.717, 1.165) is 19.5 Å². The maximum absolute atomic E-state index is 11.8. The number of carbonyl (C=O) groups is 2. The van der Waals surface area contributed by atoms with Crippen LogP contribution in [0.1, 0.15) is 26.2 Å². The van der Waals surface area contributed by atoms with E-state index in [1.807, 2.05) is 6.92 Å². The van der Waals surface area contributed by atoms with Gasteiger partial charge in [0.05, 0.1) is 12.5 Å². The van der Waals surface area contributed by atoms with Crippen molar-refractivity contribution in [2.24, 2.45) is 5.41 Å². The summed E-state index contributed by atoms with van der Waals surface area (Å²) in [6.07, 6.45) is 1.85. The lowest BCUT2D eigenvalue weighted by Crippen LogP contribution is -2.40. The van der Waals surface area contributed by atoms with Crippen molar-refractivity contribution in [3.8, 4) is 0 Å². The molecule has 1 unspecified atom stereocenters. The summed E-state index contributed by atoms with van der Waals surface area (Å²) in [5.74, 6) is -0.162. The molecule has 0 saturated carbocycles. The smallest absolute Gasteiger partial charge is 0.305 e. The Kier molecular flexibility index (Phi) is 4.73. The van der Waals surface area contributed by atoms with Crippen LogP contribution in [0.2, 0.25) is 0 Å². The summed E-state index contributed by atoms with van der Waals surface area (Å²) < 4.78 is 4.52. The number of amides is 1. The molecule has 1 saturated heterocycles. The molecule has 1 aliphatic heterocycles. The summed E-state index contributed by atoms with van der Waals surface area (Å²) in [6.45, 7) is 4.12. The molecule has 0 aromatic carbocycles. The molecule has 0 aromatic heterocycles. The molecule has 0 aliphatic carbocycles. The van der Waals surface area contributed by atoms with E-state index in [9.17, 15) is 9.59 Å². The Bertz CT molecular complexity index is 260. The summed E-state index contributed by atoms with van der Waals surface area (Å²) in [5, 5.41) is 6.03. The molecule has 92 valence electrons. The van der Waals surface area contributed by atoms with Crippen molar-refractivity contribution < 1.29 is 14.3 Å². The maximum Gasteiger partial charge on any atom is 0.305 e. The van der Waals surface area contributed by atoms with Crippen LogP contribution in [0.4, 0.5) is 0 Å². The maximum atomic E-state index is 11.8. The molecule has 1 rings (SSSR count). The van der Waals surface area contributed by atoms with Gasteiger partial charge in [0.25, 0.3) is 0 Å². The van der Waals surface area contributed by atoms with Crippen molar-refractivity contribution in [3.63, 3.8) is 0 Å². The minimum Gasteiger partial charge on any atom is -0.469 e. The minimum absolute atomic E-state index is 0.0716. The molecule has 16 heavy (non-hydrogen) atoms. The van der Waals surface area contributed by atoms with Gasteiger partial charge in [-0.3, -0.25) is 9.59 Å². The molecule has 0 aromatic rings. The Labute approximate surface area is 95.9 Å². The van der Waals surface area contributed by atoms with E-state index in [4.69, 9.17) is 0 Å². The van der Waals surface area contributed by atoms with E-state index < -0.39 is 0 Å². The van der Waals surface area contributed by atoms with Gasteiger partial charge in [0.15, 0.2) is 0 Å². The van der Waals surface area contributed by atoms with Crippen LogP contribution in [0.5, 0.6) is 0 Å². The van der Waals surface area contributed by atoms with Crippen LogP contribution in [-0.2, 0) is 14.3 Å². The number of ether oxygens (including phenoxy) is 1. The van der Waals surface area contributed by atoms with Crippen molar-refractivity contribution >= 4 is 11.9 Å². The first-order chi connectivity index (χ1) is 7.58. The Hall–Kier alpha value is -1.10. The number of esters is 1. The zero-order chi connectivity index (χ0) is 12.0. The highest BCUT2D eigenvalue weighted by Gasteiger charge is 2.35. The second-order valence-electron chi connectivity index (χ2n) is 4.42. The highest BCUT2D eigenvalue weighted by Crippen LogP contribution is 2.24. The van der Waals surface area contributed by atoms with Gasteiger partial charge in [0.1, 0.15) is 0 Å². The third-order valence-electron chi connectivity index (χ3n) is 2.99. The fraction of sp³-hybridized carbons (Fsp3) is 0.818. The third kappa shape index (κ3) is 3.48. The van der Waals surface area contributed by atoms with E-state index in [1.54, 1.807) is 0 Å². The first-order valence-electron chi connectivity index (χ1n) is 5.64. The topological polar surface area (TPSA) is 67.4 Å². The van der Waals surface area contributed by atoms with E-state index in [-0.39, 0.29) is 17.3 Å². The lowest BCUT2D eigenvalue weighted by Gasteiger charge is -2.21. The summed E-state index contributed by atoms with van der Waals surface area (Å²) in [6, 6.07) is 0. The highest BCUT2D eigenvalue weighted by atomic mass is 16.5. The number of hydrogen-bond acceptors (Lipinski definition) is 4. The van der Waals surface area contributed by atoms with Gasteiger partial charge in [-0.1, -0.05) is 0 Å². The molecule has 1 aliphatic rings. The summed E-state index contributed by atoms with van der Waals surface area (Å²) in [7, 11) is 1.37. The lowest BCUT2D eigenvalue weighted by atomic mass is 9.89. The van der Waals surface area contributed by atoms with Gasteiger partial charge >= 0.3 is 5.97 Å². The Balaban J connectivity index is 2.17. The SMILES string of the molecule is COC(=O)CCCNC(=O)C1(C)CCNC1. The van der Waals surface area contributed by atoms with Gasteiger partial charge in [-0.2, -0.15) is 0 Å². The first kappa shape index (κ1) is 13.0. The van der Waals surface area contributed by atoms with Crippen LogP contribution < -0.4 is 10.6 Å². The molecule has 0 radical (unpaired) electrons. The first-order valence-corrected chi connectivity index (χ1v) is 5.64. The van der Waals surface area contributed by atoms with Crippen molar-refractivity contribution in [1.29, 1.82) is 0 Å². The van der Waals surface area contributed by atoms with Crippen LogP contribution >= 0.6 is 0 Å². The van der Waals surface area contributed by atoms with Gasteiger partial charge in [-0.05, 0) is 26.3 Å². The van der Waals surface area contributed by atoms with Gasteiger partial charge in [0, 0.05) is 19.5 Å². The van der Waals surface area contributed by atoms with E-state index in [0.29, 0.717) is 19.4 Å². The summed E-state index contributed by atoms with van der Waals surface area (Å²) >= 11 is 0. The third-order valence-corrected chi connectivity index (χ3v) is 2.99. The zero-order valence-corrected chi connectivity index (χ0v) is 9.97. The standard InChI is InChI=1S/C11H20N2O3/c1-11(5-7-12-8-11)10(15)13-6-3-4-9(14)16-2/h12H,3-8H2,1-2H3,(H,13,15). The van der Waals surface area contributed by atoms with Gasteiger partial charge in [0.2, 0.25) is 5.91 Å². The second kappa shape index (κ2) is 5.84. The Morgan fingerprint density at radius 2 is 2.25 bits per heavy atom. The summed E-state index contributed by atoms with van der Waals surface area (Å²) in [5.41, 5.74) is -0.286. The van der Waals surface area contributed by atoms with Crippen molar-refractivity contribution in [1.82, 2.24) is 10.6 Å². The average molecular weight is 228 g/mol. The van der Waals surface area contributed by atoms with E-state index in [2.05, 4.69) is 15.4 Å². The van der Waals surface area contributed by atoms with Crippen LogP contribution in [0.25, 0.3) is 0 Å². The number of nitrogens with one attached hydrogen (secondary N) is 2. The van der Waals surface area contributed by atoms with Gasteiger partial charge in [-0.15, -0.1) is 0 Å². The minimum atomic E-state index is -0.286. The molecular weight excluding hydrogens is 208 g/mol. The van der Waals surface area contributed by atoms with Crippen LogP contribution in [-0.4, -0.2) is 38.6 Å². The molecule has 1 fully saturated rings. The normalized spacial score (nSPS) is 24.1. The molecule has 1 atom stereocenters. The molecule has 5 heteroatoms. The monoisotopic (exact) mass is 228 g/mol. The number of hydrogen-bond donors (Lipinski definition) is 2. The van der Waals surface area contributed by atoms with Crippen molar-refractivity contribution in [3.05, 3.63) is 0 Å². The molecular formula is C11H20N2O3. The largest absolute Gasteiger partial charge is 0.469 e. The number of methoxy groups -OCH3 is 1. The molecule has 0 bridgehead atoms. The number of carbonyl (C=O) groups excluding carboxylic acids is 2. The predicted molar refractivity (Wildman–Crippen MR) is 59.9 cm³/mol.